The van der Waals surface area contributed by atoms with Crippen LogP contribution in [0, 0.1) is 0 Å². The summed E-state index contributed by atoms with van der Waals surface area (Å²) in [7, 11) is 0. The van der Waals surface area contributed by atoms with Gasteiger partial charge >= 0.3 is 0 Å². The Balaban J connectivity index is 2.69. The maximum Gasteiger partial charge on any atom is 0.0554 e. The predicted molar refractivity (Wildman–Crippen MR) is 54.0 cm³/mol. The Morgan fingerprint density at radius 1 is 0.727 bits per heavy atom. The standard InChI is InChI=1S/C7H16O2S2/c10-6-4-8-2-1-3-9-5-7-11/h10-11H,1-7H2. The van der Waals surface area contributed by atoms with Crippen LogP contribution in [0.4, 0.5) is 0 Å². The zero-order valence-electron chi connectivity index (χ0n) is 6.66. The van der Waals surface area contributed by atoms with E-state index in [1.807, 2.05) is 0 Å². The first-order chi connectivity index (χ1) is 5.41. The van der Waals surface area contributed by atoms with Gasteiger partial charge in [0.1, 0.15) is 0 Å². The minimum absolute atomic E-state index is 0.732. The Bertz CT molecular complexity index is 63.5. The molecule has 0 aliphatic heterocycles. The molecule has 0 saturated carbocycles. The minimum atomic E-state index is 0.732. The third-order valence-electron chi connectivity index (χ3n) is 1.05. The molecule has 4 heteroatoms. The molecule has 0 spiro atoms. The molecule has 0 unspecified atom stereocenters. The van der Waals surface area contributed by atoms with Gasteiger partial charge in [0.25, 0.3) is 0 Å². The van der Waals surface area contributed by atoms with Gasteiger partial charge in [-0.1, -0.05) is 0 Å². The largest absolute Gasteiger partial charge is 0.381 e. The lowest BCUT2D eigenvalue weighted by molar-refractivity contribution is 0.0962. The quantitative estimate of drug-likeness (QED) is 0.450. The Kier molecular flexibility index (Phi) is 11.2. The Morgan fingerprint density at radius 3 is 1.55 bits per heavy atom. The van der Waals surface area contributed by atoms with Crippen LogP contribution in [0.5, 0.6) is 0 Å². The fraction of sp³-hybridized carbons (Fsp3) is 1.00. The van der Waals surface area contributed by atoms with Crippen molar-refractivity contribution in [3.63, 3.8) is 0 Å². The molecule has 0 saturated heterocycles. The van der Waals surface area contributed by atoms with Crippen molar-refractivity contribution in [3.8, 4) is 0 Å². The average molecular weight is 196 g/mol. The van der Waals surface area contributed by atoms with E-state index in [2.05, 4.69) is 25.3 Å². The Morgan fingerprint density at radius 2 is 1.18 bits per heavy atom. The van der Waals surface area contributed by atoms with Crippen LogP contribution in [-0.4, -0.2) is 37.9 Å². The van der Waals surface area contributed by atoms with Crippen LogP contribution in [0.2, 0.25) is 0 Å². The number of hydrogen-bond acceptors (Lipinski definition) is 4. The minimum Gasteiger partial charge on any atom is -0.381 e. The van der Waals surface area contributed by atoms with Gasteiger partial charge in [-0.15, -0.1) is 0 Å². The molecule has 0 N–H and O–H groups in total. The Hall–Kier alpha value is 0.620. The number of ether oxygens (including phenoxy) is 2. The van der Waals surface area contributed by atoms with Crippen LogP contribution < -0.4 is 0 Å². The third kappa shape index (κ3) is 10.6. The van der Waals surface area contributed by atoms with Gasteiger partial charge in [-0.2, -0.15) is 25.3 Å². The van der Waals surface area contributed by atoms with E-state index < -0.39 is 0 Å². The monoisotopic (exact) mass is 196 g/mol. The van der Waals surface area contributed by atoms with Crippen molar-refractivity contribution in [2.24, 2.45) is 0 Å². The van der Waals surface area contributed by atoms with Crippen LogP contribution in [-0.2, 0) is 9.47 Å². The van der Waals surface area contributed by atoms with E-state index in [9.17, 15) is 0 Å². The molecule has 0 aromatic carbocycles. The predicted octanol–water partition coefficient (Wildman–Crippen LogP) is 1.27. The van der Waals surface area contributed by atoms with Crippen molar-refractivity contribution in [1.82, 2.24) is 0 Å². The van der Waals surface area contributed by atoms with E-state index >= 15 is 0 Å². The Labute approximate surface area is 79.5 Å². The molecule has 0 atom stereocenters. The maximum absolute atomic E-state index is 5.19. The molecule has 0 aliphatic rings. The fourth-order valence-electron chi connectivity index (χ4n) is 0.596. The molecule has 0 radical (unpaired) electrons. The second-order valence-electron chi connectivity index (χ2n) is 2.03. The van der Waals surface area contributed by atoms with E-state index in [1.54, 1.807) is 0 Å². The van der Waals surface area contributed by atoms with Crippen molar-refractivity contribution in [3.05, 3.63) is 0 Å². The van der Waals surface area contributed by atoms with E-state index in [4.69, 9.17) is 9.47 Å². The summed E-state index contributed by atoms with van der Waals surface area (Å²) >= 11 is 8.03. The summed E-state index contributed by atoms with van der Waals surface area (Å²) in [4.78, 5) is 0. The molecule has 68 valence electrons. The summed E-state index contributed by atoms with van der Waals surface area (Å²) < 4.78 is 10.4. The van der Waals surface area contributed by atoms with Crippen LogP contribution in [0.25, 0.3) is 0 Å². The summed E-state index contributed by atoms with van der Waals surface area (Å²) in [5.74, 6) is 1.58. The summed E-state index contributed by atoms with van der Waals surface area (Å²) in [5, 5.41) is 0. The van der Waals surface area contributed by atoms with Crippen molar-refractivity contribution in [2.75, 3.05) is 37.9 Å². The summed E-state index contributed by atoms with van der Waals surface area (Å²) in [6, 6.07) is 0. The molecular formula is C7H16O2S2. The highest BCUT2D eigenvalue weighted by molar-refractivity contribution is 7.80. The first kappa shape index (κ1) is 11.6. The lowest BCUT2D eigenvalue weighted by Gasteiger charge is -2.02. The van der Waals surface area contributed by atoms with Crippen molar-refractivity contribution < 1.29 is 9.47 Å². The molecule has 0 fully saturated rings. The van der Waals surface area contributed by atoms with E-state index in [0.717, 1.165) is 44.4 Å². The zero-order chi connectivity index (χ0) is 8.36. The lowest BCUT2D eigenvalue weighted by atomic mass is 10.5. The highest BCUT2D eigenvalue weighted by Gasteiger charge is 1.88. The van der Waals surface area contributed by atoms with Crippen molar-refractivity contribution in [1.29, 1.82) is 0 Å². The normalized spacial score (nSPS) is 10.4. The van der Waals surface area contributed by atoms with Crippen LogP contribution >= 0.6 is 25.3 Å². The van der Waals surface area contributed by atoms with Gasteiger partial charge in [-0.3, -0.25) is 0 Å². The molecule has 2 nitrogen and oxygen atoms in total. The van der Waals surface area contributed by atoms with Crippen LogP contribution in [0.15, 0.2) is 0 Å². The average Bonchev–Trinajstić information content (AvgIpc) is 2.03. The topological polar surface area (TPSA) is 18.5 Å². The smallest absolute Gasteiger partial charge is 0.0554 e. The van der Waals surface area contributed by atoms with Gasteiger partial charge in [-0.25, -0.2) is 0 Å². The third-order valence-corrected chi connectivity index (χ3v) is 1.41. The SMILES string of the molecule is SCCOCCCOCCS. The van der Waals surface area contributed by atoms with Gasteiger partial charge in [-0.05, 0) is 6.42 Å². The fourth-order valence-corrected chi connectivity index (χ4v) is 0.854. The van der Waals surface area contributed by atoms with Gasteiger partial charge in [0.05, 0.1) is 13.2 Å². The van der Waals surface area contributed by atoms with E-state index in [-0.39, 0.29) is 0 Å². The summed E-state index contributed by atoms with van der Waals surface area (Å²) in [5.41, 5.74) is 0. The molecule has 0 aromatic rings. The van der Waals surface area contributed by atoms with Gasteiger partial charge in [0.15, 0.2) is 0 Å². The number of thiol groups is 2. The first-order valence-corrected chi connectivity index (χ1v) is 5.05. The maximum atomic E-state index is 5.19. The summed E-state index contributed by atoms with van der Waals surface area (Å²) in [6.45, 7) is 3.01. The molecular weight excluding hydrogens is 180 g/mol. The number of hydrogen-bond donors (Lipinski definition) is 2. The number of rotatable bonds is 8. The highest BCUT2D eigenvalue weighted by Crippen LogP contribution is 1.86. The molecule has 0 bridgehead atoms. The van der Waals surface area contributed by atoms with Gasteiger partial charge in [0.2, 0.25) is 0 Å². The van der Waals surface area contributed by atoms with Gasteiger partial charge in [0, 0.05) is 24.7 Å². The van der Waals surface area contributed by atoms with Crippen molar-refractivity contribution >= 4 is 25.3 Å². The first-order valence-electron chi connectivity index (χ1n) is 3.79. The van der Waals surface area contributed by atoms with E-state index in [0.29, 0.717) is 0 Å². The van der Waals surface area contributed by atoms with Crippen molar-refractivity contribution in [2.45, 2.75) is 6.42 Å². The molecule has 0 aliphatic carbocycles. The molecule has 11 heavy (non-hydrogen) atoms. The van der Waals surface area contributed by atoms with E-state index in [1.165, 1.54) is 0 Å². The van der Waals surface area contributed by atoms with Gasteiger partial charge < -0.3 is 9.47 Å². The molecule has 0 aromatic heterocycles. The summed E-state index contributed by atoms with van der Waals surface area (Å²) in [6.07, 6.45) is 0.960. The highest BCUT2D eigenvalue weighted by atomic mass is 32.1. The second-order valence-corrected chi connectivity index (χ2v) is 2.92. The molecule has 0 amide bonds. The molecule has 0 rings (SSSR count). The second kappa shape index (κ2) is 10.6. The molecule has 0 heterocycles. The zero-order valence-corrected chi connectivity index (χ0v) is 8.45. The lowest BCUT2D eigenvalue weighted by Crippen LogP contribution is -2.03. The van der Waals surface area contributed by atoms with Crippen LogP contribution in [0.3, 0.4) is 0 Å². The van der Waals surface area contributed by atoms with Crippen LogP contribution in [0.1, 0.15) is 6.42 Å².